The smallest absolute Gasteiger partial charge is 0.407 e. The maximum absolute atomic E-state index is 11.7. The minimum atomic E-state index is -0.471. The topological polar surface area (TPSA) is 50.7 Å². The highest BCUT2D eigenvalue weighted by atomic mass is 32.1. The molecule has 1 aliphatic carbocycles. The van der Waals surface area contributed by atoms with E-state index >= 15 is 0 Å². The average Bonchev–Trinajstić information content (AvgIpc) is 2.18. The van der Waals surface area contributed by atoms with Gasteiger partial charge in [-0.15, -0.1) is 0 Å². The van der Waals surface area contributed by atoms with Crippen LogP contribution in [0.1, 0.15) is 46.5 Å². The van der Waals surface area contributed by atoms with Crippen molar-refractivity contribution in [2.45, 2.75) is 64.1 Å². The Balaban J connectivity index is 2.53. The van der Waals surface area contributed by atoms with Crippen molar-refractivity contribution in [1.29, 1.82) is 0 Å². The zero-order valence-electron chi connectivity index (χ0n) is 10.7. The van der Waals surface area contributed by atoms with Crippen LogP contribution in [0.5, 0.6) is 0 Å². The molecule has 0 saturated heterocycles. The van der Waals surface area contributed by atoms with Crippen molar-refractivity contribution >= 4 is 23.5 Å². The fourth-order valence-electron chi connectivity index (χ4n) is 1.96. The highest BCUT2D eigenvalue weighted by Crippen LogP contribution is 2.21. The molecule has 5 heteroatoms. The molecule has 1 amide bonds. The summed E-state index contributed by atoms with van der Waals surface area (Å²) in [5, 5.41) is 5.27. The maximum atomic E-state index is 11.7. The monoisotopic (exact) mass is 256 g/mol. The van der Waals surface area contributed by atoms with Gasteiger partial charge < -0.3 is 10.1 Å². The number of thiocarbonyl (C=S) groups is 1. The predicted molar refractivity (Wildman–Crippen MR) is 70.4 cm³/mol. The Hall–Kier alpha value is -0.930. The molecule has 1 rings (SSSR count). The highest BCUT2D eigenvalue weighted by molar-refractivity contribution is 7.78. The maximum Gasteiger partial charge on any atom is 0.407 e. The molecule has 0 aromatic carbocycles. The molecule has 1 N–H and O–H groups in total. The average molecular weight is 256 g/mol. The standard InChI is InChI=1S/C12H20N2O2S/c1-12(2,3)16-11(15)14-10-7-5-4-6-9(10)13-8-17/h9-10H,4-7H2,1-3H3,(H,14,15). The lowest BCUT2D eigenvalue weighted by Gasteiger charge is -2.29. The van der Waals surface area contributed by atoms with Crippen LogP contribution in [0.4, 0.5) is 4.79 Å². The Labute approximate surface area is 108 Å². The van der Waals surface area contributed by atoms with E-state index in [1.165, 1.54) is 0 Å². The van der Waals surface area contributed by atoms with E-state index in [-0.39, 0.29) is 18.2 Å². The minimum Gasteiger partial charge on any atom is -0.444 e. The molecule has 1 saturated carbocycles. The SMILES string of the molecule is CC(C)(C)OC(=O)NC1CCCCC1N=C=S. The van der Waals surface area contributed by atoms with Gasteiger partial charge >= 0.3 is 6.09 Å². The molecule has 4 nitrogen and oxygen atoms in total. The number of hydrogen-bond acceptors (Lipinski definition) is 4. The predicted octanol–water partition coefficient (Wildman–Crippen LogP) is 2.93. The van der Waals surface area contributed by atoms with Gasteiger partial charge in [-0.2, -0.15) is 0 Å². The first-order chi connectivity index (χ1) is 7.92. The van der Waals surface area contributed by atoms with Crippen LogP contribution in [0.15, 0.2) is 4.99 Å². The van der Waals surface area contributed by atoms with Crippen molar-refractivity contribution in [3.8, 4) is 0 Å². The number of aliphatic imine (C=N–C) groups is 1. The molecular formula is C12H20N2O2S. The first kappa shape index (κ1) is 14.1. The van der Waals surface area contributed by atoms with Gasteiger partial charge in [-0.05, 0) is 45.8 Å². The van der Waals surface area contributed by atoms with Crippen molar-refractivity contribution in [2.24, 2.45) is 4.99 Å². The van der Waals surface area contributed by atoms with Crippen LogP contribution in [-0.2, 0) is 4.74 Å². The van der Waals surface area contributed by atoms with Gasteiger partial charge in [-0.3, -0.25) is 0 Å². The molecule has 17 heavy (non-hydrogen) atoms. The lowest BCUT2D eigenvalue weighted by Crippen LogP contribution is -2.46. The minimum absolute atomic E-state index is 0.0223. The number of amides is 1. The summed E-state index contributed by atoms with van der Waals surface area (Å²) < 4.78 is 5.23. The summed E-state index contributed by atoms with van der Waals surface area (Å²) in [7, 11) is 0. The number of carbonyl (C=O) groups is 1. The molecule has 0 heterocycles. The molecule has 1 fully saturated rings. The van der Waals surface area contributed by atoms with Crippen LogP contribution in [-0.4, -0.2) is 28.9 Å². The fraction of sp³-hybridized carbons (Fsp3) is 0.833. The van der Waals surface area contributed by atoms with Crippen LogP contribution in [0, 0.1) is 0 Å². The normalized spacial score (nSPS) is 24.6. The van der Waals surface area contributed by atoms with E-state index in [2.05, 4.69) is 27.7 Å². The molecule has 1 aliphatic rings. The Morgan fingerprint density at radius 1 is 1.41 bits per heavy atom. The highest BCUT2D eigenvalue weighted by Gasteiger charge is 2.27. The number of nitrogens with zero attached hydrogens (tertiary/aromatic N) is 1. The van der Waals surface area contributed by atoms with Crippen LogP contribution in [0.3, 0.4) is 0 Å². The van der Waals surface area contributed by atoms with Gasteiger partial charge in [0.05, 0.1) is 17.2 Å². The Morgan fingerprint density at radius 2 is 2.06 bits per heavy atom. The third-order valence-corrected chi connectivity index (χ3v) is 2.76. The van der Waals surface area contributed by atoms with E-state index in [0.29, 0.717) is 0 Å². The van der Waals surface area contributed by atoms with Gasteiger partial charge in [0.25, 0.3) is 0 Å². The van der Waals surface area contributed by atoms with E-state index in [9.17, 15) is 4.79 Å². The Kier molecular flexibility index (Phi) is 5.09. The molecule has 0 aliphatic heterocycles. The van der Waals surface area contributed by atoms with Crippen molar-refractivity contribution in [3.63, 3.8) is 0 Å². The molecule has 2 atom stereocenters. The van der Waals surface area contributed by atoms with Gasteiger partial charge in [-0.25, -0.2) is 9.79 Å². The molecule has 96 valence electrons. The summed E-state index contributed by atoms with van der Waals surface area (Å²) in [6, 6.07) is 0.0721. The summed E-state index contributed by atoms with van der Waals surface area (Å²) in [4.78, 5) is 15.8. The van der Waals surface area contributed by atoms with Crippen LogP contribution < -0.4 is 5.32 Å². The first-order valence-electron chi connectivity index (χ1n) is 5.99. The zero-order valence-corrected chi connectivity index (χ0v) is 11.5. The van der Waals surface area contributed by atoms with Crippen molar-refractivity contribution in [3.05, 3.63) is 0 Å². The van der Waals surface area contributed by atoms with E-state index in [0.717, 1.165) is 25.7 Å². The van der Waals surface area contributed by atoms with E-state index in [1.807, 2.05) is 20.8 Å². The zero-order chi connectivity index (χ0) is 12.9. The fourth-order valence-corrected chi connectivity index (χ4v) is 2.10. The first-order valence-corrected chi connectivity index (χ1v) is 6.40. The molecule has 0 aromatic heterocycles. The van der Waals surface area contributed by atoms with Crippen LogP contribution >= 0.6 is 12.2 Å². The summed E-state index contributed by atoms with van der Waals surface area (Å²) in [6.07, 6.45) is 3.71. The molecule has 0 radical (unpaired) electrons. The number of ether oxygens (including phenoxy) is 1. The van der Waals surface area contributed by atoms with Gasteiger partial charge in [0.15, 0.2) is 0 Å². The number of alkyl carbamates (subject to hydrolysis) is 1. The third kappa shape index (κ3) is 5.29. The van der Waals surface area contributed by atoms with Gasteiger partial charge in [0, 0.05) is 0 Å². The molecule has 2 unspecified atom stereocenters. The number of carbonyl (C=O) groups excluding carboxylic acids is 1. The number of nitrogens with one attached hydrogen (secondary N) is 1. The summed E-state index contributed by atoms with van der Waals surface area (Å²) in [5.74, 6) is 0. The molecule has 0 bridgehead atoms. The molecule has 0 spiro atoms. The second-order valence-electron chi connectivity index (χ2n) is 5.32. The lowest BCUT2D eigenvalue weighted by molar-refractivity contribution is 0.0486. The van der Waals surface area contributed by atoms with Crippen LogP contribution in [0.2, 0.25) is 0 Å². The number of isothiocyanates is 1. The van der Waals surface area contributed by atoms with E-state index < -0.39 is 5.60 Å². The van der Waals surface area contributed by atoms with Gasteiger partial charge in [0.1, 0.15) is 5.60 Å². The quantitative estimate of drug-likeness (QED) is 0.610. The summed E-state index contributed by atoms with van der Waals surface area (Å²) in [5.41, 5.74) is -0.471. The number of hydrogen-bond donors (Lipinski definition) is 1. The largest absolute Gasteiger partial charge is 0.444 e. The van der Waals surface area contributed by atoms with Crippen LogP contribution in [0.25, 0.3) is 0 Å². The lowest BCUT2D eigenvalue weighted by atomic mass is 9.91. The second-order valence-corrected chi connectivity index (χ2v) is 5.51. The Morgan fingerprint density at radius 3 is 2.65 bits per heavy atom. The van der Waals surface area contributed by atoms with E-state index in [4.69, 9.17) is 4.74 Å². The van der Waals surface area contributed by atoms with Gasteiger partial charge in [0.2, 0.25) is 0 Å². The summed E-state index contributed by atoms with van der Waals surface area (Å²) >= 11 is 4.63. The Bertz CT molecular complexity index is 319. The molecule has 0 aromatic rings. The summed E-state index contributed by atoms with van der Waals surface area (Å²) in [6.45, 7) is 5.54. The number of rotatable bonds is 2. The third-order valence-electron chi connectivity index (χ3n) is 2.65. The van der Waals surface area contributed by atoms with Crippen molar-refractivity contribution in [2.75, 3.05) is 0 Å². The molecular weight excluding hydrogens is 236 g/mol. The van der Waals surface area contributed by atoms with Crippen molar-refractivity contribution in [1.82, 2.24) is 5.32 Å². The van der Waals surface area contributed by atoms with E-state index in [1.54, 1.807) is 0 Å². The van der Waals surface area contributed by atoms with Crippen molar-refractivity contribution < 1.29 is 9.53 Å². The second kappa shape index (κ2) is 6.12. The van der Waals surface area contributed by atoms with Gasteiger partial charge in [-0.1, -0.05) is 12.8 Å².